The number of halogens is 1. The summed E-state index contributed by atoms with van der Waals surface area (Å²) in [4.78, 5) is 6.79. The molecule has 0 bridgehead atoms. The maximum absolute atomic E-state index is 6.25. The van der Waals surface area contributed by atoms with Crippen molar-refractivity contribution in [3.8, 4) is 0 Å². The first-order chi connectivity index (χ1) is 9.72. The summed E-state index contributed by atoms with van der Waals surface area (Å²) >= 11 is 6.25. The molecule has 20 heavy (non-hydrogen) atoms. The Labute approximate surface area is 125 Å². The number of nitrogens with one attached hydrogen (secondary N) is 1. The predicted molar refractivity (Wildman–Crippen MR) is 81.4 cm³/mol. The lowest BCUT2D eigenvalue weighted by molar-refractivity contribution is 0.0820. The SMILES string of the molecule is CC1CN(c2cc(CNC3CC3)c(Cl)cn2)CCCO1. The Bertz CT molecular complexity index is 464. The lowest BCUT2D eigenvalue weighted by atomic mass is 10.2. The maximum atomic E-state index is 6.25. The lowest BCUT2D eigenvalue weighted by Crippen LogP contribution is -2.31. The van der Waals surface area contributed by atoms with Gasteiger partial charge in [0.25, 0.3) is 0 Å². The molecule has 0 aromatic carbocycles. The number of aromatic nitrogens is 1. The van der Waals surface area contributed by atoms with Crippen LogP contribution in [0.15, 0.2) is 12.3 Å². The molecule has 1 unspecified atom stereocenters. The third-order valence-corrected chi connectivity index (χ3v) is 4.20. The molecule has 1 saturated carbocycles. The summed E-state index contributed by atoms with van der Waals surface area (Å²) in [5.41, 5.74) is 1.14. The summed E-state index contributed by atoms with van der Waals surface area (Å²) in [6.45, 7) is 5.67. The van der Waals surface area contributed by atoms with Crippen LogP contribution < -0.4 is 10.2 Å². The molecule has 1 atom stereocenters. The van der Waals surface area contributed by atoms with E-state index in [1.165, 1.54) is 12.8 Å². The predicted octanol–water partition coefficient (Wildman–Crippen LogP) is 2.60. The van der Waals surface area contributed by atoms with Gasteiger partial charge in [-0.1, -0.05) is 11.6 Å². The second-order valence-electron chi connectivity index (χ2n) is 5.77. The van der Waals surface area contributed by atoms with Crippen molar-refractivity contribution in [2.45, 2.75) is 44.9 Å². The number of pyridine rings is 1. The van der Waals surface area contributed by atoms with Gasteiger partial charge in [-0.2, -0.15) is 0 Å². The van der Waals surface area contributed by atoms with E-state index in [4.69, 9.17) is 16.3 Å². The highest BCUT2D eigenvalue weighted by atomic mass is 35.5. The van der Waals surface area contributed by atoms with E-state index in [9.17, 15) is 0 Å². The van der Waals surface area contributed by atoms with Gasteiger partial charge >= 0.3 is 0 Å². The number of rotatable bonds is 4. The first kappa shape index (κ1) is 14.1. The fourth-order valence-corrected chi connectivity index (χ4v) is 2.69. The van der Waals surface area contributed by atoms with Crippen LogP contribution in [-0.4, -0.2) is 36.8 Å². The number of anilines is 1. The Morgan fingerprint density at radius 3 is 3.15 bits per heavy atom. The van der Waals surface area contributed by atoms with Crippen molar-refractivity contribution in [2.75, 3.05) is 24.6 Å². The van der Waals surface area contributed by atoms with Gasteiger partial charge < -0.3 is 15.0 Å². The Morgan fingerprint density at radius 2 is 2.35 bits per heavy atom. The van der Waals surface area contributed by atoms with Gasteiger partial charge in [0.1, 0.15) is 5.82 Å². The van der Waals surface area contributed by atoms with Crippen molar-refractivity contribution in [3.63, 3.8) is 0 Å². The molecule has 1 saturated heterocycles. The molecule has 1 aromatic rings. The molecular weight excluding hydrogens is 274 g/mol. The second-order valence-corrected chi connectivity index (χ2v) is 6.18. The largest absolute Gasteiger partial charge is 0.377 e. The second kappa shape index (κ2) is 6.29. The third-order valence-electron chi connectivity index (χ3n) is 3.86. The number of hydrogen-bond acceptors (Lipinski definition) is 4. The zero-order chi connectivity index (χ0) is 13.9. The zero-order valence-corrected chi connectivity index (χ0v) is 12.7. The molecule has 4 nitrogen and oxygen atoms in total. The van der Waals surface area contributed by atoms with Gasteiger partial charge in [0, 0.05) is 38.5 Å². The normalized spacial score (nSPS) is 23.7. The molecule has 5 heteroatoms. The quantitative estimate of drug-likeness (QED) is 0.926. The van der Waals surface area contributed by atoms with E-state index in [-0.39, 0.29) is 6.10 Å². The standard InChI is InChI=1S/C15H22ClN3O/c1-11-10-19(5-2-6-20-11)15-7-12(14(16)9-18-15)8-17-13-3-4-13/h7,9,11,13,17H,2-6,8,10H2,1H3. The van der Waals surface area contributed by atoms with Crippen LogP contribution in [0.5, 0.6) is 0 Å². The highest BCUT2D eigenvalue weighted by molar-refractivity contribution is 6.31. The van der Waals surface area contributed by atoms with Gasteiger partial charge in [-0.15, -0.1) is 0 Å². The smallest absolute Gasteiger partial charge is 0.128 e. The molecule has 1 aliphatic heterocycles. The van der Waals surface area contributed by atoms with Crippen molar-refractivity contribution in [3.05, 3.63) is 22.8 Å². The van der Waals surface area contributed by atoms with Crippen molar-refractivity contribution in [2.24, 2.45) is 0 Å². The van der Waals surface area contributed by atoms with Crippen LogP contribution in [0.25, 0.3) is 0 Å². The summed E-state index contributed by atoms with van der Waals surface area (Å²) in [6, 6.07) is 2.81. The fraction of sp³-hybridized carbons (Fsp3) is 0.667. The molecule has 110 valence electrons. The highest BCUT2D eigenvalue weighted by Crippen LogP contribution is 2.24. The summed E-state index contributed by atoms with van der Waals surface area (Å²) in [6.07, 6.45) is 5.65. The molecule has 1 N–H and O–H groups in total. The zero-order valence-electron chi connectivity index (χ0n) is 11.9. The van der Waals surface area contributed by atoms with Crippen molar-refractivity contribution >= 4 is 17.4 Å². The van der Waals surface area contributed by atoms with Gasteiger partial charge in [0.05, 0.1) is 11.1 Å². The molecule has 0 amide bonds. The van der Waals surface area contributed by atoms with Gasteiger partial charge in [-0.05, 0) is 37.8 Å². The molecule has 1 aromatic heterocycles. The minimum atomic E-state index is 0.253. The van der Waals surface area contributed by atoms with Crippen LogP contribution in [0.2, 0.25) is 5.02 Å². The summed E-state index contributed by atoms with van der Waals surface area (Å²) in [7, 11) is 0. The van der Waals surface area contributed by atoms with Crippen LogP contribution in [0.4, 0.5) is 5.82 Å². The minimum Gasteiger partial charge on any atom is -0.377 e. The van der Waals surface area contributed by atoms with E-state index in [1.807, 2.05) is 0 Å². The van der Waals surface area contributed by atoms with E-state index in [0.717, 1.165) is 49.1 Å². The lowest BCUT2D eigenvalue weighted by Gasteiger charge is -2.24. The Balaban J connectivity index is 1.72. The Hall–Kier alpha value is -0.840. The number of nitrogens with zero attached hydrogens (tertiary/aromatic N) is 2. The van der Waals surface area contributed by atoms with Crippen molar-refractivity contribution in [1.82, 2.24) is 10.3 Å². The van der Waals surface area contributed by atoms with Crippen LogP contribution in [0, 0.1) is 0 Å². The van der Waals surface area contributed by atoms with Crippen molar-refractivity contribution in [1.29, 1.82) is 0 Å². The van der Waals surface area contributed by atoms with E-state index < -0.39 is 0 Å². The van der Waals surface area contributed by atoms with E-state index in [1.54, 1.807) is 6.20 Å². The first-order valence-corrected chi connectivity index (χ1v) is 7.84. The Morgan fingerprint density at radius 1 is 1.50 bits per heavy atom. The van der Waals surface area contributed by atoms with Crippen LogP contribution in [0.3, 0.4) is 0 Å². The first-order valence-electron chi connectivity index (χ1n) is 7.47. The average molecular weight is 296 g/mol. The highest BCUT2D eigenvalue weighted by Gasteiger charge is 2.21. The number of hydrogen-bond donors (Lipinski definition) is 1. The third kappa shape index (κ3) is 3.62. The molecule has 3 rings (SSSR count). The topological polar surface area (TPSA) is 37.4 Å². The fourth-order valence-electron chi connectivity index (χ4n) is 2.52. The van der Waals surface area contributed by atoms with Gasteiger partial charge in [0.2, 0.25) is 0 Å². The van der Waals surface area contributed by atoms with Gasteiger partial charge in [-0.25, -0.2) is 4.98 Å². The minimum absolute atomic E-state index is 0.253. The van der Waals surface area contributed by atoms with E-state index in [2.05, 4.69) is 28.2 Å². The summed E-state index contributed by atoms with van der Waals surface area (Å²) in [5.74, 6) is 1.01. The Kier molecular flexibility index (Phi) is 4.44. The van der Waals surface area contributed by atoms with Gasteiger partial charge in [0.15, 0.2) is 0 Å². The molecule has 0 spiro atoms. The molecule has 2 fully saturated rings. The number of ether oxygens (including phenoxy) is 1. The summed E-state index contributed by atoms with van der Waals surface area (Å²) < 4.78 is 5.69. The monoisotopic (exact) mass is 295 g/mol. The molecule has 2 heterocycles. The van der Waals surface area contributed by atoms with Crippen LogP contribution in [0.1, 0.15) is 31.7 Å². The van der Waals surface area contributed by atoms with Crippen LogP contribution in [-0.2, 0) is 11.3 Å². The van der Waals surface area contributed by atoms with E-state index in [0.29, 0.717) is 6.04 Å². The molecule has 0 radical (unpaired) electrons. The summed E-state index contributed by atoms with van der Waals surface area (Å²) in [5, 5.41) is 4.26. The average Bonchev–Trinajstić information content (AvgIpc) is 3.25. The van der Waals surface area contributed by atoms with Gasteiger partial charge in [-0.3, -0.25) is 0 Å². The molecule has 1 aliphatic carbocycles. The van der Waals surface area contributed by atoms with Crippen LogP contribution >= 0.6 is 11.6 Å². The molecule has 2 aliphatic rings. The molecular formula is C15H22ClN3O. The van der Waals surface area contributed by atoms with Crippen molar-refractivity contribution < 1.29 is 4.74 Å². The van der Waals surface area contributed by atoms with E-state index >= 15 is 0 Å². The maximum Gasteiger partial charge on any atom is 0.128 e.